The van der Waals surface area contributed by atoms with Crippen LogP contribution in [0.3, 0.4) is 0 Å². The lowest BCUT2D eigenvalue weighted by Crippen LogP contribution is -1.96. The van der Waals surface area contributed by atoms with Crippen molar-refractivity contribution >= 4 is 5.97 Å². The van der Waals surface area contributed by atoms with E-state index >= 15 is 0 Å². The number of phenolic OH excluding ortho intramolecular Hbond substituents is 1. The van der Waals surface area contributed by atoms with E-state index < -0.39 is 5.97 Å². The molecule has 1 N–H and O–H groups in total. The molecule has 0 aliphatic rings. The summed E-state index contributed by atoms with van der Waals surface area (Å²) in [6.07, 6.45) is 1.36. The van der Waals surface area contributed by atoms with Crippen LogP contribution in [0.25, 0.3) is 0 Å². The summed E-state index contributed by atoms with van der Waals surface area (Å²) in [4.78, 5) is 10.3. The molecule has 3 nitrogen and oxygen atoms in total. The topological polar surface area (TPSA) is 57.2 Å². The highest BCUT2D eigenvalue weighted by atomic mass is 16.4. The molecular weight excluding hydrogens is 204 g/mol. The second-order valence-electron chi connectivity index (χ2n) is 4.27. The third kappa shape index (κ3) is 3.57. The molecule has 0 heterocycles. The van der Waals surface area contributed by atoms with Crippen molar-refractivity contribution < 1.29 is 15.0 Å². The van der Waals surface area contributed by atoms with Crippen LogP contribution < -0.4 is 0 Å². The Balaban J connectivity index is 2.67. The second-order valence-corrected chi connectivity index (χ2v) is 4.27. The average Bonchev–Trinajstić information content (AvgIpc) is 2.19. The quantitative estimate of drug-likeness (QED) is 0.831. The molecule has 1 aromatic carbocycles. The summed E-state index contributed by atoms with van der Waals surface area (Å²) in [7, 11) is 0. The summed E-state index contributed by atoms with van der Waals surface area (Å²) in [6.45, 7) is 4.03. The van der Waals surface area contributed by atoms with Crippen molar-refractivity contribution in [2.24, 2.45) is 0 Å². The summed E-state index contributed by atoms with van der Waals surface area (Å²) in [6, 6.07) is 5.44. The van der Waals surface area contributed by atoms with Gasteiger partial charge in [0.2, 0.25) is 0 Å². The van der Waals surface area contributed by atoms with E-state index in [1.807, 2.05) is 26.0 Å². The molecule has 87 valence electrons. The van der Waals surface area contributed by atoms with Crippen molar-refractivity contribution in [3.63, 3.8) is 0 Å². The van der Waals surface area contributed by atoms with Crippen LogP contribution in [0.1, 0.15) is 43.7 Å². The Hall–Kier alpha value is -1.51. The minimum atomic E-state index is -1.01. The lowest BCUT2D eigenvalue weighted by atomic mass is 9.97. The highest BCUT2D eigenvalue weighted by Crippen LogP contribution is 2.26. The van der Waals surface area contributed by atoms with Crippen LogP contribution in [0, 0.1) is 0 Å². The predicted octanol–water partition coefficient (Wildman–Crippen LogP) is 2.80. The van der Waals surface area contributed by atoms with Crippen molar-refractivity contribution in [1.82, 2.24) is 0 Å². The first kappa shape index (κ1) is 12.6. The molecule has 1 aromatic rings. The van der Waals surface area contributed by atoms with Crippen LogP contribution in [-0.2, 0) is 16.3 Å². The van der Waals surface area contributed by atoms with Gasteiger partial charge < -0.3 is 5.11 Å². The highest BCUT2D eigenvalue weighted by Gasteiger charge is 2.07. The summed E-state index contributed by atoms with van der Waals surface area (Å²) in [5.74, 6) is -0.442. The zero-order valence-corrected chi connectivity index (χ0v) is 9.69. The Labute approximate surface area is 95.7 Å². The normalized spacial score (nSPS) is 10.7. The zero-order valence-electron chi connectivity index (χ0n) is 9.69. The number of carbonyl (C=O) groups is 1. The first-order valence-electron chi connectivity index (χ1n) is 5.52. The van der Waals surface area contributed by atoms with Crippen LogP contribution in [0.15, 0.2) is 18.2 Å². The number of rotatable bonds is 5. The molecule has 0 aliphatic heterocycles. The number of hydrogen-bond acceptors (Lipinski definition) is 2. The molecule has 0 saturated heterocycles. The zero-order chi connectivity index (χ0) is 12.1. The molecule has 0 amide bonds. The number of aromatic hydroxyl groups is 1. The van der Waals surface area contributed by atoms with E-state index in [2.05, 4.69) is 0 Å². The van der Waals surface area contributed by atoms with Crippen molar-refractivity contribution in [2.45, 2.75) is 39.0 Å². The Morgan fingerprint density at radius 3 is 2.62 bits per heavy atom. The monoisotopic (exact) mass is 221 g/mol. The van der Waals surface area contributed by atoms with Crippen molar-refractivity contribution in [3.05, 3.63) is 29.3 Å². The van der Waals surface area contributed by atoms with E-state index in [1.54, 1.807) is 6.07 Å². The van der Waals surface area contributed by atoms with E-state index in [1.165, 1.54) is 0 Å². The van der Waals surface area contributed by atoms with Gasteiger partial charge in [-0.05, 0) is 36.0 Å². The SMILES string of the molecule is CC(C)c1cc(CCCC([O])=O)ccc1O. The fraction of sp³-hybridized carbons (Fsp3) is 0.462. The number of carbonyl (C=O) groups excluding carboxylic acids is 1. The average molecular weight is 221 g/mol. The van der Waals surface area contributed by atoms with Crippen molar-refractivity contribution in [2.75, 3.05) is 0 Å². The maximum atomic E-state index is 10.3. The van der Waals surface area contributed by atoms with Gasteiger partial charge in [-0.3, -0.25) is 0 Å². The van der Waals surface area contributed by atoms with Crippen LogP contribution in [-0.4, -0.2) is 11.1 Å². The number of benzene rings is 1. The van der Waals surface area contributed by atoms with Gasteiger partial charge in [0, 0.05) is 0 Å². The first-order valence-corrected chi connectivity index (χ1v) is 5.52. The largest absolute Gasteiger partial charge is 0.508 e. The molecule has 0 fully saturated rings. The van der Waals surface area contributed by atoms with E-state index in [9.17, 15) is 15.0 Å². The third-order valence-electron chi connectivity index (χ3n) is 2.56. The van der Waals surface area contributed by atoms with Gasteiger partial charge in [0.15, 0.2) is 0 Å². The Morgan fingerprint density at radius 2 is 2.06 bits per heavy atom. The standard InChI is InChI=1S/C13H17O3/c1-9(2)11-8-10(6-7-12(11)14)4-3-5-13(15)16/h6-9,14H,3-5H2,1-2H3. The summed E-state index contributed by atoms with van der Waals surface area (Å²) in [5.41, 5.74) is 1.97. The lowest BCUT2D eigenvalue weighted by Gasteiger charge is -2.10. The van der Waals surface area contributed by atoms with E-state index in [4.69, 9.17) is 0 Å². The molecule has 0 aliphatic carbocycles. The van der Waals surface area contributed by atoms with Gasteiger partial charge in [-0.1, -0.05) is 26.0 Å². The maximum Gasteiger partial charge on any atom is 0.355 e. The molecule has 0 aromatic heterocycles. The first-order chi connectivity index (χ1) is 7.50. The molecule has 0 spiro atoms. The van der Waals surface area contributed by atoms with Gasteiger partial charge in [-0.15, -0.1) is 0 Å². The van der Waals surface area contributed by atoms with Gasteiger partial charge in [0.05, 0.1) is 6.42 Å². The summed E-state index contributed by atoms with van der Waals surface area (Å²) in [5, 5.41) is 19.9. The van der Waals surface area contributed by atoms with Crippen molar-refractivity contribution in [3.8, 4) is 5.75 Å². The van der Waals surface area contributed by atoms with Gasteiger partial charge in [-0.25, -0.2) is 9.90 Å². The lowest BCUT2D eigenvalue weighted by molar-refractivity contribution is -0.143. The van der Waals surface area contributed by atoms with E-state index in [0.29, 0.717) is 18.6 Å². The molecule has 0 unspecified atom stereocenters. The number of aryl methyl sites for hydroxylation is 1. The third-order valence-corrected chi connectivity index (χ3v) is 2.56. The van der Waals surface area contributed by atoms with Gasteiger partial charge in [0.25, 0.3) is 0 Å². The second kappa shape index (κ2) is 5.54. The minimum Gasteiger partial charge on any atom is -0.508 e. The fourth-order valence-electron chi connectivity index (χ4n) is 1.66. The molecule has 0 atom stereocenters. The predicted molar refractivity (Wildman–Crippen MR) is 60.8 cm³/mol. The van der Waals surface area contributed by atoms with Crippen molar-refractivity contribution in [1.29, 1.82) is 0 Å². The van der Waals surface area contributed by atoms with Gasteiger partial charge in [0.1, 0.15) is 5.75 Å². The Morgan fingerprint density at radius 1 is 1.38 bits per heavy atom. The Bertz CT molecular complexity index is 369. The number of hydrogen-bond donors (Lipinski definition) is 1. The van der Waals surface area contributed by atoms with Gasteiger partial charge in [-0.2, -0.15) is 0 Å². The van der Waals surface area contributed by atoms with Crippen LogP contribution in [0.2, 0.25) is 0 Å². The summed E-state index contributed by atoms with van der Waals surface area (Å²) < 4.78 is 0. The molecular formula is C13H17O3. The fourth-order valence-corrected chi connectivity index (χ4v) is 1.66. The molecule has 0 saturated carbocycles. The van der Waals surface area contributed by atoms with Crippen LogP contribution in [0.5, 0.6) is 5.75 Å². The minimum absolute atomic E-state index is 0.0812. The molecule has 0 bridgehead atoms. The Kier molecular flexibility index (Phi) is 4.35. The molecule has 1 radical (unpaired) electrons. The number of phenols is 1. The molecule has 1 rings (SSSR count). The van der Waals surface area contributed by atoms with E-state index in [-0.39, 0.29) is 12.3 Å². The smallest absolute Gasteiger partial charge is 0.355 e. The maximum absolute atomic E-state index is 10.3. The highest BCUT2D eigenvalue weighted by molar-refractivity contribution is 5.66. The van der Waals surface area contributed by atoms with Gasteiger partial charge >= 0.3 is 5.97 Å². The van der Waals surface area contributed by atoms with Crippen LogP contribution in [0.4, 0.5) is 0 Å². The molecule has 16 heavy (non-hydrogen) atoms. The summed E-state index contributed by atoms with van der Waals surface area (Å²) >= 11 is 0. The molecule has 3 heteroatoms. The van der Waals surface area contributed by atoms with Crippen LogP contribution >= 0.6 is 0 Å². The van der Waals surface area contributed by atoms with E-state index in [0.717, 1.165) is 11.1 Å².